The predicted molar refractivity (Wildman–Crippen MR) is 72.7 cm³/mol. The molecule has 1 rings (SSSR count). The Bertz CT molecular complexity index is 461. The monoisotopic (exact) mass is 248 g/mol. The van der Waals surface area contributed by atoms with Gasteiger partial charge in [0.05, 0.1) is 11.3 Å². The standard InChI is InChI=1S/C14H20N2O2/c1-10(17)16(5)12-9-7-6-8-11(12)13(18)15-14(2,3)4/h6-9H,1-5H3,(H,15,18). The smallest absolute Gasteiger partial charge is 0.253 e. The first kappa shape index (κ1) is 14.2. The van der Waals surface area contributed by atoms with Crippen LogP contribution in [0.4, 0.5) is 5.69 Å². The Balaban J connectivity index is 3.10. The van der Waals surface area contributed by atoms with Crippen molar-refractivity contribution >= 4 is 17.5 Å². The van der Waals surface area contributed by atoms with Crippen LogP contribution >= 0.6 is 0 Å². The van der Waals surface area contributed by atoms with E-state index in [9.17, 15) is 9.59 Å². The number of benzene rings is 1. The van der Waals surface area contributed by atoms with Crippen molar-refractivity contribution in [2.45, 2.75) is 33.2 Å². The fourth-order valence-corrected chi connectivity index (χ4v) is 1.54. The van der Waals surface area contributed by atoms with Crippen LogP contribution in [0.15, 0.2) is 24.3 Å². The lowest BCUT2D eigenvalue weighted by Gasteiger charge is -2.23. The second-order valence-electron chi connectivity index (χ2n) is 5.30. The number of anilines is 1. The molecule has 0 aliphatic carbocycles. The van der Waals surface area contributed by atoms with Crippen molar-refractivity contribution in [3.05, 3.63) is 29.8 Å². The maximum atomic E-state index is 12.2. The molecule has 4 nitrogen and oxygen atoms in total. The summed E-state index contributed by atoms with van der Waals surface area (Å²) in [6, 6.07) is 7.08. The maximum Gasteiger partial charge on any atom is 0.253 e. The fraction of sp³-hybridized carbons (Fsp3) is 0.429. The van der Waals surface area contributed by atoms with E-state index in [1.54, 1.807) is 25.2 Å². The first-order chi connectivity index (χ1) is 8.22. The molecule has 0 saturated carbocycles. The fourth-order valence-electron chi connectivity index (χ4n) is 1.54. The van der Waals surface area contributed by atoms with E-state index < -0.39 is 0 Å². The van der Waals surface area contributed by atoms with E-state index in [4.69, 9.17) is 0 Å². The Morgan fingerprint density at radius 2 is 1.72 bits per heavy atom. The molecule has 0 spiro atoms. The molecule has 0 fully saturated rings. The van der Waals surface area contributed by atoms with Crippen LogP contribution in [0.1, 0.15) is 38.1 Å². The van der Waals surface area contributed by atoms with Crippen LogP contribution in [0, 0.1) is 0 Å². The molecule has 0 saturated heterocycles. The van der Waals surface area contributed by atoms with Crippen LogP contribution in [0.2, 0.25) is 0 Å². The molecule has 0 aliphatic rings. The normalized spacial score (nSPS) is 10.9. The summed E-state index contributed by atoms with van der Waals surface area (Å²) in [6.45, 7) is 7.23. The van der Waals surface area contributed by atoms with Gasteiger partial charge in [0.15, 0.2) is 0 Å². The number of nitrogens with one attached hydrogen (secondary N) is 1. The second kappa shape index (κ2) is 5.21. The van der Waals surface area contributed by atoms with Crippen molar-refractivity contribution in [2.75, 3.05) is 11.9 Å². The van der Waals surface area contributed by atoms with Crippen LogP contribution in [-0.4, -0.2) is 24.4 Å². The van der Waals surface area contributed by atoms with Crippen molar-refractivity contribution in [2.24, 2.45) is 0 Å². The van der Waals surface area contributed by atoms with Gasteiger partial charge in [-0.2, -0.15) is 0 Å². The van der Waals surface area contributed by atoms with Gasteiger partial charge in [-0.15, -0.1) is 0 Å². The van der Waals surface area contributed by atoms with Crippen LogP contribution in [-0.2, 0) is 4.79 Å². The molecule has 0 radical (unpaired) electrons. The highest BCUT2D eigenvalue weighted by molar-refractivity contribution is 6.04. The first-order valence-electron chi connectivity index (χ1n) is 5.88. The third kappa shape index (κ3) is 3.58. The van der Waals surface area contributed by atoms with Gasteiger partial charge < -0.3 is 10.2 Å². The molecule has 0 atom stereocenters. The van der Waals surface area contributed by atoms with Crippen molar-refractivity contribution in [3.8, 4) is 0 Å². The zero-order chi connectivity index (χ0) is 13.9. The minimum atomic E-state index is -0.307. The lowest BCUT2D eigenvalue weighted by molar-refractivity contribution is -0.116. The first-order valence-corrected chi connectivity index (χ1v) is 5.88. The summed E-state index contributed by atoms with van der Waals surface area (Å²) in [5, 5.41) is 2.89. The number of carbonyl (C=O) groups excluding carboxylic acids is 2. The summed E-state index contributed by atoms with van der Waals surface area (Å²) in [4.78, 5) is 25.0. The SMILES string of the molecule is CC(=O)N(C)c1ccccc1C(=O)NC(C)(C)C. The van der Waals surface area contributed by atoms with Crippen LogP contribution < -0.4 is 10.2 Å². The lowest BCUT2D eigenvalue weighted by atomic mass is 10.1. The molecule has 98 valence electrons. The van der Waals surface area contributed by atoms with Crippen molar-refractivity contribution in [1.82, 2.24) is 5.32 Å². The quantitative estimate of drug-likeness (QED) is 0.872. The molecule has 0 bridgehead atoms. The van der Waals surface area contributed by atoms with E-state index in [1.165, 1.54) is 11.8 Å². The molecular formula is C14H20N2O2. The van der Waals surface area contributed by atoms with Crippen molar-refractivity contribution < 1.29 is 9.59 Å². The van der Waals surface area contributed by atoms with Gasteiger partial charge in [0, 0.05) is 19.5 Å². The van der Waals surface area contributed by atoms with Gasteiger partial charge >= 0.3 is 0 Å². The number of para-hydroxylation sites is 1. The van der Waals surface area contributed by atoms with Gasteiger partial charge in [-0.3, -0.25) is 9.59 Å². The number of amides is 2. The highest BCUT2D eigenvalue weighted by Gasteiger charge is 2.20. The molecule has 0 aliphatic heterocycles. The van der Waals surface area contributed by atoms with Gasteiger partial charge in [-0.05, 0) is 32.9 Å². The number of rotatable bonds is 2. The molecule has 4 heteroatoms. The second-order valence-corrected chi connectivity index (χ2v) is 5.30. The molecular weight excluding hydrogens is 228 g/mol. The van der Waals surface area contributed by atoms with Gasteiger partial charge in [0.1, 0.15) is 0 Å². The van der Waals surface area contributed by atoms with Gasteiger partial charge in [0.2, 0.25) is 5.91 Å². The van der Waals surface area contributed by atoms with E-state index >= 15 is 0 Å². The zero-order valence-electron chi connectivity index (χ0n) is 11.6. The van der Waals surface area contributed by atoms with E-state index in [2.05, 4.69) is 5.32 Å². The Hall–Kier alpha value is -1.84. The van der Waals surface area contributed by atoms with Crippen molar-refractivity contribution in [1.29, 1.82) is 0 Å². The highest BCUT2D eigenvalue weighted by Crippen LogP contribution is 2.20. The Kier molecular flexibility index (Phi) is 4.11. The summed E-state index contributed by atoms with van der Waals surface area (Å²) in [7, 11) is 1.66. The molecule has 0 unspecified atom stereocenters. The summed E-state index contributed by atoms with van der Waals surface area (Å²) >= 11 is 0. The predicted octanol–water partition coefficient (Wildman–Crippen LogP) is 2.20. The molecule has 0 aromatic heterocycles. The van der Waals surface area contributed by atoms with Crippen molar-refractivity contribution in [3.63, 3.8) is 0 Å². The Morgan fingerprint density at radius 1 is 1.17 bits per heavy atom. The van der Waals surface area contributed by atoms with Gasteiger partial charge in [0.25, 0.3) is 5.91 Å². The van der Waals surface area contributed by atoms with Crippen LogP contribution in [0.3, 0.4) is 0 Å². The Morgan fingerprint density at radius 3 is 2.22 bits per heavy atom. The highest BCUT2D eigenvalue weighted by atomic mass is 16.2. The number of hydrogen-bond donors (Lipinski definition) is 1. The van der Waals surface area contributed by atoms with Gasteiger partial charge in [-0.1, -0.05) is 12.1 Å². The van der Waals surface area contributed by atoms with E-state index in [0.717, 1.165) is 0 Å². The van der Waals surface area contributed by atoms with Crippen LogP contribution in [0.25, 0.3) is 0 Å². The third-order valence-electron chi connectivity index (χ3n) is 2.47. The van der Waals surface area contributed by atoms with E-state index in [1.807, 2.05) is 26.8 Å². The molecule has 1 N–H and O–H groups in total. The van der Waals surface area contributed by atoms with Crippen LogP contribution in [0.5, 0.6) is 0 Å². The zero-order valence-corrected chi connectivity index (χ0v) is 11.6. The average molecular weight is 248 g/mol. The van der Waals surface area contributed by atoms with E-state index in [-0.39, 0.29) is 17.4 Å². The van der Waals surface area contributed by atoms with Gasteiger partial charge in [-0.25, -0.2) is 0 Å². The summed E-state index contributed by atoms with van der Waals surface area (Å²) in [6.07, 6.45) is 0. The van der Waals surface area contributed by atoms with E-state index in [0.29, 0.717) is 11.3 Å². The molecule has 1 aromatic carbocycles. The molecule has 18 heavy (non-hydrogen) atoms. The largest absolute Gasteiger partial charge is 0.347 e. The summed E-state index contributed by atoms with van der Waals surface area (Å²) in [5.74, 6) is -0.280. The Labute approximate surface area is 108 Å². The molecule has 2 amide bonds. The summed E-state index contributed by atoms with van der Waals surface area (Å²) in [5.41, 5.74) is 0.816. The average Bonchev–Trinajstić information content (AvgIpc) is 2.25. The maximum absolute atomic E-state index is 12.2. The third-order valence-corrected chi connectivity index (χ3v) is 2.47. The molecule has 0 heterocycles. The molecule has 1 aromatic rings. The number of hydrogen-bond acceptors (Lipinski definition) is 2. The lowest BCUT2D eigenvalue weighted by Crippen LogP contribution is -2.41. The summed E-state index contributed by atoms with van der Waals surface area (Å²) < 4.78 is 0. The minimum Gasteiger partial charge on any atom is -0.347 e. The number of carbonyl (C=O) groups is 2. The topological polar surface area (TPSA) is 49.4 Å². The minimum absolute atomic E-state index is 0.106. The number of nitrogens with zero attached hydrogens (tertiary/aromatic N) is 1.